The van der Waals surface area contributed by atoms with Crippen LogP contribution in [0.5, 0.6) is 5.75 Å². The van der Waals surface area contributed by atoms with Crippen LogP contribution in [0.15, 0.2) is 24.3 Å². The van der Waals surface area contributed by atoms with Crippen LogP contribution in [-0.4, -0.2) is 105 Å². The van der Waals surface area contributed by atoms with Crippen LogP contribution in [0.2, 0.25) is 0 Å². The number of esters is 1. The molecule has 39 heavy (non-hydrogen) atoms. The summed E-state index contributed by atoms with van der Waals surface area (Å²) < 4.78 is 10.3. The lowest BCUT2D eigenvalue weighted by atomic mass is 9.69. The summed E-state index contributed by atoms with van der Waals surface area (Å²) in [4.78, 5) is 35.3. The molecule has 1 aromatic carbocycles. The van der Waals surface area contributed by atoms with Gasteiger partial charge in [-0.25, -0.2) is 0 Å². The number of piperazine rings is 1. The number of benzene rings is 1. The SMILES string of the molecule is COC(=O)CCCC1C2CCCN3CCCC(CN1C(=O)CN1CCN(c4cccc(OC)c4)CC1)C23.Cl.Cl. The number of piperidine rings is 3. The van der Waals surface area contributed by atoms with Gasteiger partial charge in [0.2, 0.25) is 5.91 Å². The summed E-state index contributed by atoms with van der Waals surface area (Å²) in [6, 6.07) is 9.07. The second-order valence-corrected chi connectivity index (χ2v) is 11.3. The first-order chi connectivity index (χ1) is 18.1. The zero-order valence-corrected chi connectivity index (χ0v) is 25.1. The standard InChI is InChI=1S/C29H44N4O4.2ClH/c1-36-24-9-3-8-23(19-24)31-17-15-30(16-18-31)21-27(34)33-20-22-7-5-13-32-14-6-10-25(29(22)32)26(33)11-4-12-28(35)37-2;;/h3,8-9,19,22,25-26,29H,4-7,10-18,20-21H2,1-2H3;2*1H. The predicted molar refractivity (Wildman–Crippen MR) is 158 cm³/mol. The molecule has 1 aromatic rings. The fraction of sp³-hybridized carbons (Fsp3) is 0.724. The van der Waals surface area contributed by atoms with Crippen LogP contribution in [0, 0.1) is 11.8 Å². The third kappa shape index (κ3) is 7.32. The predicted octanol–water partition coefficient (Wildman–Crippen LogP) is 3.71. The number of likely N-dealkylation sites (tertiary alicyclic amines) is 1. The number of anilines is 1. The molecular weight excluding hydrogens is 539 g/mol. The van der Waals surface area contributed by atoms with Crippen molar-refractivity contribution in [1.29, 1.82) is 0 Å². The number of methoxy groups -OCH3 is 2. The van der Waals surface area contributed by atoms with Gasteiger partial charge in [0, 0.05) is 63.0 Å². The molecule has 1 amide bonds. The van der Waals surface area contributed by atoms with E-state index in [0.29, 0.717) is 30.8 Å². The first-order valence-electron chi connectivity index (χ1n) is 14.3. The van der Waals surface area contributed by atoms with Gasteiger partial charge >= 0.3 is 5.97 Å². The second kappa shape index (κ2) is 14.8. The van der Waals surface area contributed by atoms with Crippen LogP contribution >= 0.6 is 24.8 Å². The van der Waals surface area contributed by atoms with E-state index in [1.165, 1.54) is 51.6 Å². The Hall–Kier alpha value is -1.74. The van der Waals surface area contributed by atoms with Crippen LogP contribution in [-0.2, 0) is 14.3 Å². The van der Waals surface area contributed by atoms with E-state index < -0.39 is 0 Å². The maximum Gasteiger partial charge on any atom is 0.305 e. The zero-order valence-electron chi connectivity index (χ0n) is 23.5. The quantitative estimate of drug-likeness (QED) is 0.431. The molecule has 4 aliphatic heterocycles. The molecule has 4 fully saturated rings. The van der Waals surface area contributed by atoms with E-state index >= 15 is 0 Å². The minimum atomic E-state index is -0.150. The van der Waals surface area contributed by atoms with Gasteiger partial charge in [-0.15, -0.1) is 24.8 Å². The average Bonchev–Trinajstić information content (AvgIpc) is 2.94. The Labute approximate surface area is 246 Å². The summed E-state index contributed by atoms with van der Waals surface area (Å²) in [6.45, 7) is 7.36. The van der Waals surface area contributed by atoms with Crippen LogP contribution in [0.3, 0.4) is 0 Å². The molecule has 0 aromatic heterocycles. The minimum Gasteiger partial charge on any atom is -0.497 e. The van der Waals surface area contributed by atoms with E-state index in [1.807, 2.05) is 12.1 Å². The highest BCUT2D eigenvalue weighted by atomic mass is 35.5. The van der Waals surface area contributed by atoms with Gasteiger partial charge in [-0.2, -0.15) is 0 Å². The molecule has 220 valence electrons. The van der Waals surface area contributed by atoms with Crippen molar-refractivity contribution in [3.63, 3.8) is 0 Å². The van der Waals surface area contributed by atoms with Gasteiger partial charge in [0.15, 0.2) is 0 Å². The smallest absolute Gasteiger partial charge is 0.305 e. The van der Waals surface area contributed by atoms with E-state index in [0.717, 1.165) is 51.3 Å². The first kappa shape index (κ1) is 31.8. The number of hydrogen-bond donors (Lipinski definition) is 0. The lowest BCUT2D eigenvalue weighted by Gasteiger charge is -2.57. The van der Waals surface area contributed by atoms with Crippen molar-refractivity contribution in [2.75, 3.05) is 71.5 Å². The van der Waals surface area contributed by atoms with E-state index in [2.05, 4.69) is 31.7 Å². The molecule has 4 saturated heterocycles. The Bertz CT molecular complexity index is 944. The van der Waals surface area contributed by atoms with Crippen molar-refractivity contribution < 1.29 is 19.1 Å². The number of rotatable bonds is 8. The Morgan fingerprint density at radius 3 is 2.44 bits per heavy atom. The van der Waals surface area contributed by atoms with Gasteiger partial charge in [-0.05, 0) is 75.6 Å². The van der Waals surface area contributed by atoms with Gasteiger partial charge in [0.1, 0.15) is 5.75 Å². The summed E-state index contributed by atoms with van der Waals surface area (Å²) in [6.07, 6.45) is 7.01. The summed E-state index contributed by atoms with van der Waals surface area (Å²) in [7, 11) is 3.16. The van der Waals surface area contributed by atoms with Crippen molar-refractivity contribution in [3.05, 3.63) is 24.3 Å². The first-order valence-corrected chi connectivity index (χ1v) is 14.3. The van der Waals surface area contributed by atoms with Crippen LogP contribution in [0.1, 0.15) is 44.9 Å². The molecule has 8 nitrogen and oxygen atoms in total. The molecule has 0 bridgehead atoms. The van der Waals surface area contributed by atoms with E-state index in [-0.39, 0.29) is 42.7 Å². The molecule has 0 spiro atoms. The van der Waals surface area contributed by atoms with Crippen molar-refractivity contribution in [3.8, 4) is 5.75 Å². The largest absolute Gasteiger partial charge is 0.497 e. The summed E-state index contributed by atoms with van der Waals surface area (Å²) >= 11 is 0. The highest BCUT2D eigenvalue weighted by molar-refractivity contribution is 5.85. The fourth-order valence-corrected chi connectivity index (χ4v) is 7.46. The Morgan fingerprint density at radius 1 is 0.974 bits per heavy atom. The Balaban J connectivity index is 0.00000210. The van der Waals surface area contributed by atoms with Crippen LogP contribution in [0.4, 0.5) is 5.69 Å². The van der Waals surface area contributed by atoms with E-state index in [1.54, 1.807) is 7.11 Å². The highest BCUT2D eigenvalue weighted by Crippen LogP contribution is 2.43. The fourth-order valence-electron chi connectivity index (χ4n) is 7.46. The topological polar surface area (TPSA) is 65.6 Å². The van der Waals surface area contributed by atoms with Crippen LogP contribution < -0.4 is 9.64 Å². The monoisotopic (exact) mass is 584 g/mol. The summed E-state index contributed by atoms with van der Waals surface area (Å²) in [5.41, 5.74) is 1.18. The molecular formula is C29H46Cl2N4O4. The molecule has 4 heterocycles. The molecule has 5 rings (SSSR count). The van der Waals surface area contributed by atoms with Crippen LogP contribution in [0.25, 0.3) is 0 Å². The molecule has 0 aliphatic carbocycles. The van der Waals surface area contributed by atoms with Crippen molar-refractivity contribution >= 4 is 42.4 Å². The number of amides is 1. The third-order valence-corrected chi connectivity index (χ3v) is 9.25. The molecule has 0 radical (unpaired) electrons. The van der Waals surface area contributed by atoms with Gasteiger partial charge in [0.25, 0.3) is 0 Å². The maximum absolute atomic E-state index is 13.8. The normalized spacial score (nSPS) is 27.0. The van der Waals surface area contributed by atoms with Gasteiger partial charge < -0.3 is 19.3 Å². The lowest BCUT2D eigenvalue weighted by Crippen LogP contribution is -2.66. The minimum absolute atomic E-state index is 0. The zero-order chi connectivity index (χ0) is 25.8. The van der Waals surface area contributed by atoms with Gasteiger partial charge in [0.05, 0.1) is 20.8 Å². The highest BCUT2D eigenvalue weighted by Gasteiger charge is 2.49. The van der Waals surface area contributed by atoms with Crippen molar-refractivity contribution in [2.24, 2.45) is 11.8 Å². The summed E-state index contributed by atoms with van der Waals surface area (Å²) in [5.74, 6) is 2.12. The number of hydrogen-bond acceptors (Lipinski definition) is 7. The second-order valence-electron chi connectivity index (χ2n) is 11.3. The number of carbonyl (C=O) groups is 2. The molecule has 0 saturated carbocycles. The van der Waals surface area contributed by atoms with E-state index in [9.17, 15) is 9.59 Å². The molecule has 0 N–H and O–H groups in total. The van der Waals surface area contributed by atoms with E-state index in [4.69, 9.17) is 9.47 Å². The maximum atomic E-state index is 13.8. The lowest BCUT2D eigenvalue weighted by molar-refractivity contribution is -0.147. The number of halogens is 2. The number of carbonyl (C=O) groups excluding carboxylic acids is 2. The van der Waals surface area contributed by atoms with Crippen molar-refractivity contribution in [2.45, 2.75) is 57.0 Å². The van der Waals surface area contributed by atoms with Crippen molar-refractivity contribution in [1.82, 2.24) is 14.7 Å². The average molecular weight is 586 g/mol. The molecule has 4 aliphatic rings. The third-order valence-electron chi connectivity index (χ3n) is 9.25. The van der Waals surface area contributed by atoms with Gasteiger partial charge in [-0.1, -0.05) is 6.07 Å². The Kier molecular flexibility index (Phi) is 12.0. The number of nitrogens with zero attached hydrogens (tertiary/aromatic N) is 4. The molecule has 4 unspecified atom stereocenters. The molecule has 10 heteroatoms. The molecule has 4 atom stereocenters. The number of ether oxygens (including phenoxy) is 2. The summed E-state index contributed by atoms with van der Waals surface area (Å²) in [5, 5.41) is 0. The van der Waals surface area contributed by atoms with Gasteiger partial charge in [-0.3, -0.25) is 19.4 Å². The Morgan fingerprint density at radius 2 is 1.72 bits per heavy atom.